The predicted octanol–water partition coefficient (Wildman–Crippen LogP) is 3.17. The second-order valence-electron chi connectivity index (χ2n) is 4.57. The molecule has 0 saturated carbocycles. The highest BCUT2D eigenvalue weighted by Crippen LogP contribution is 2.34. The van der Waals surface area contributed by atoms with Gasteiger partial charge < -0.3 is 5.11 Å². The first kappa shape index (κ1) is 14.0. The molecule has 0 bridgehead atoms. The van der Waals surface area contributed by atoms with Gasteiger partial charge in [0.1, 0.15) is 5.56 Å². The lowest BCUT2D eigenvalue weighted by Crippen LogP contribution is -2.15. The molecule has 0 atom stereocenters. The van der Waals surface area contributed by atoms with Crippen molar-refractivity contribution in [2.75, 3.05) is 0 Å². The molecule has 0 aliphatic carbocycles. The Kier molecular flexibility index (Phi) is 3.38. The average molecular weight is 364 g/mol. The number of nitrogens with one attached hydrogen (secondary N) is 1. The van der Waals surface area contributed by atoms with Gasteiger partial charge in [0.15, 0.2) is 4.77 Å². The summed E-state index contributed by atoms with van der Waals surface area (Å²) in [5, 5.41) is 10.1. The van der Waals surface area contributed by atoms with Crippen molar-refractivity contribution in [3.8, 4) is 5.88 Å². The molecule has 1 aromatic heterocycles. The van der Waals surface area contributed by atoms with Crippen molar-refractivity contribution in [1.29, 1.82) is 0 Å². The number of aromatic amines is 1. The van der Waals surface area contributed by atoms with Gasteiger partial charge in [-0.3, -0.25) is 19.3 Å². The van der Waals surface area contributed by atoms with E-state index in [0.717, 1.165) is 21.3 Å². The van der Waals surface area contributed by atoms with Crippen molar-refractivity contribution in [2.45, 2.75) is 0 Å². The summed E-state index contributed by atoms with van der Waals surface area (Å²) in [6, 6.07) is 5.70. The second-order valence-corrected chi connectivity index (χ2v) is 5.88. The van der Waals surface area contributed by atoms with Crippen LogP contribution in [-0.2, 0) is 7.05 Å². The van der Waals surface area contributed by atoms with Crippen LogP contribution in [0, 0.1) is 4.77 Å². The van der Waals surface area contributed by atoms with E-state index >= 15 is 0 Å². The van der Waals surface area contributed by atoms with Gasteiger partial charge in [-0.25, -0.2) is 0 Å². The van der Waals surface area contributed by atoms with E-state index in [1.807, 2.05) is 18.2 Å². The Balaban J connectivity index is 2.21. The first-order chi connectivity index (χ1) is 9.97. The molecule has 3 rings (SSSR count). The molecule has 1 aromatic carbocycles. The van der Waals surface area contributed by atoms with Crippen LogP contribution >= 0.6 is 28.1 Å². The standard InChI is InChI=1S/C14H10BrN3O2S/c1-18-13(20)10(12(19)17-14(18)21)4-7-6-16-11-3-2-8(15)5-9(7)11/h2-6,20H,1H3,(H,17,19,21)/b7-4+. The molecule has 1 aliphatic rings. The Morgan fingerprint density at radius 1 is 1.48 bits per heavy atom. The van der Waals surface area contributed by atoms with Crippen molar-refractivity contribution in [1.82, 2.24) is 9.55 Å². The fourth-order valence-corrected chi connectivity index (χ4v) is 2.63. The lowest BCUT2D eigenvalue weighted by atomic mass is 10.1. The lowest BCUT2D eigenvalue weighted by Gasteiger charge is -2.06. The van der Waals surface area contributed by atoms with E-state index in [4.69, 9.17) is 12.2 Å². The molecule has 5 nitrogen and oxygen atoms in total. The van der Waals surface area contributed by atoms with Gasteiger partial charge in [0.25, 0.3) is 5.56 Å². The maximum atomic E-state index is 12.0. The second kappa shape index (κ2) is 5.09. The number of aromatic hydroxyl groups is 1. The van der Waals surface area contributed by atoms with E-state index < -0.39 is 5.56 Å². The SMILES string of the molecule is Cn1c(O)c(/C=C2\C=Nc3ccc(Br)cc32)c(=O)[nH]c1=S. The highest BCUT2D eigenvalue weighted by Gasteiger charge is 2.15. The summed E-state index contributed by atoms with van der Waals surface area (Å²) in [4.78, 5) is 18.8. The summed E-state index contributed by atoms with van der Waals surface area (Å²) in [5.74, 6) is -0.173. The largest absolute Gasteiger partial charge is 0.494 e. The summed E-state index contributed by atoms with van der Waals surface area (Å²) < 4.78 is 2.43. The predicted molar refractivity (Wildman–Crippen MR) is 88.7 cm³/mol. The number of benzene rings is 1. The Labute approximate surface area is 133 Å². The molecule has 1 aliphatic heterocycles. The molecule has 0 spiro atoms. The van der Waals surface area contributed by atoms with Crippen molar-refractivity contribution in [3.63, 3.8) is 0 Å². The van der Waals surface area contributed by atoms with Gasteiger partial charge in [-0.05, 0) is 36.5 Å². The van der Waals surface area contributed by atoms with E-state index in [1.165, 1.54) is 4.57 Å². The van der Waals surface area contributed by atoms with Gasteiger partial charge in [-0.15, -0.1) is 0 Å². The van der Waals surface area contributed by atoms with Gasteiger partial charge in [-0.2, -0.15) is 0 Å². The van der Waals surface area contributed by atoms with Crippen LogP contribution in [0.15, 0.2) is 32.5 Å². The van der Waals surface area contributed by atoms with Crippen molar-refractivity contribution < 1.29 is 5.11 Å². The molecule has 2 aromatic rings. The number of fused-ring (bicyclic) bond motifs is 1. The van der Waals surface area contributed by atoms with E-state index in [1.54, 1.807) is 19.3 Å². The van der Waals surface area contributed by atoms with Crippen LogP contribution in [-0.4, -0.2) is 20.9 Å². The normalized spacial score (nSPS) is 14.7. The molecule has 2 heterocycles. The number of nitrogens with zero attached hydrogens (tertiary/aromatic N) is 2. The molecule has 0 radical (unpaired) electrons. The third kappa shape index (κ3) is 2.38. The van der Waals surface area contributed by atoms with Crippen LogP contribution in [0.1, 0.15) is 11.1 Å². The molecule has 0 saturated heterocycles. The Morgan fingerprint density at radius 2 is 2.24 bits per heavy atom. The van der Waals surface area contributed by atoms with Crippen LogP contribution in [0.2, 0.25) is 0 Å². The monoisotopic (exact) mass is 363 g/mol. The highest BCUT2D eigenvalue weighted by molar-refractivity contribution is 9.10. The van der Waals surface area contributed by atoms with Crippen LogP contribution in [0.4, 0.5) is 5.69 Å². The Hall–Kier alpha value is -1.99. The molecule has 7 heteroatoms. The molecule has 0 fully saturated rings. The number of hydrogen-bond donors (Lipinski definition) is 2. The first-order valence-electron chi connectivity index (χ1n) is 6.05. The van der Waals surface area contributed by atoms with Crippen molar-refractivity contribution >= 4 is 51.7 Å². The number of H-pyrrole nitrogens is 1. The van der Waals surface area contributed by atoms with Crippen LogP contribution in [0.5, 0.6) is 5.88 Å². The van der Waals surface area contributed by atoms with E-state index in [9.17, 15) is 9.90 Å². The van der Waals surface area contributed by atoms with Crippen LogP contribution < -0.4 is 5.56 Å². The van der Waals surface area contributed by atoms with Crippen LogP contribution in [0.3, 0.4) is 0 Å². The fourth-order valence-electron chi connectivity index (χ4n) is 2.09. The molecule has 0 unspecified atom stereocenters. The van der Waals surface area contributed by atoms with Crippen LogP contribution in [0.25, 0.3) is 11.6 Å². The minimum atomic E-state index is -0.431. The number of halogens is 1. The summed E-state index contributed by atoms with van der Waals surface area (Å²) in [5.41, 5.74) is 2.20. The molecule has 21 heavy (non-hydrogen) atoms. The van der Waals surface area contributed by atoms with E-state index in [0.29, 0.717) is 0 Å². The minimum absolute atomic E-state index is 0.153. The summed E-state index contributed by atoms with van der Waals surface area (Å²) >= 11 is 8.35. The Bertz CT molecular complexity index is 925. The van der Waals surface area contributed by atoms with Gasteiger partial charge in [0, 0.05) is 28.9 Å². The van der Waals surface area contributed by atoms with Gasteiger partial charge in [0.05, 0.1) is 5.69 Å². The molecular formula is C14H10BrN3O2S. The number of rotatable bonds is 1. The van der Waals surface area contributed by atoms with Gasteiger partial charge in [0.2, 0.25) is 5.88 Å². The topological polar surface area (TPSA) is 70.4 Å². The summed E-state index contributed by atoms with van der Waals surface area (Å²) in [6.45, 7) is 0. The Morgan fingerprint density at radius 3 is 3.00 bits per heavy atom. The number of allylic oxidation sites excluding steroid dienone is 1. The van der Waals surface area contributed by atoms with Gasteiger partial charge in [-0.1, -0.05) is 15.9 Å². The molecule has 0 amide bonds. The zero-order valence-electron chi connectivity index (χ0n) is 10.9. The van der Waals surface area contributed by atoms with Gasteiger partial charge >= 0.3 is 0 Å². The first-order valence-corrected chi connectivity index (χ1v) is 7.25. The average Bonchev–Trinajstić information content (AvgIpc) is 2.83. The smallest absolute Gasteiger partial charge is 0.262 e. The van der Waals surface area contributed by atoms with E-state index in [2.05, 4.69) is 25.9 Å². The molecule has 106 valence electrons. The van der Waals surface area contributed by atoms with Crippen molar-refractivity contribution in [3.05, 3.63) is 48.9 Å². The zero-order valence-corrected chi connectivity index (χ0v) is 13.3. The number of aliphatic imine (C=N–C) groups is 1. The number of hydrogen-bond acceptors (Lipinski definition) is 4. The zero-order chi connectivity index (χ0) is 15.1. The van der Waals surface area contributed by atoms with Crippen molar-refractivity contribution in [2.24, 2.45) is 12.0 Å². The lowest BCUT2D eigenvalue weighted by molar-refractivity contribution is 0.419. The van der Waals surface area contributed by atoms with E-state index in [-0.39, 0.29) is 16.2 Å². The molecule has 2 N–H and O–H groups in total. The minimum Gasteiger partial charge on any atom is -0.494 e. The maximum absolute atomic E-state index is 12.0. The fraction of sp³-hybridized carbons (Fsp3) is 0.0714. The molecular weight excluding hydrogens is 354 g/mol. The third-order valence-corrected chi connectivity index (χ3v) is 4.11. The summed E-state index contributed by atoms with van der Waals surface area (Å²) in [6.07, 6.45) is 3.27. The quantitative estimate of drug-likeness (QED) is 0.764. The third-order valence-electron chi connectivity index (χ3n) is 3.24. The number of aromatic nitrogens is 2. The summed E-state index contributed by atoms with van der Waals surface area (Å²) in [7, 11) is 1.59. The maximum Gasteiger partial charge on any atom is 0.262 e. The highest BCUT2D eigenvalue weighted by atomic mass is 79.9.